The third kappa shape index (κ3) is 2.80. The molecule has 0 N–H and O–H groups in total. The van der Waals surface area contributed by atoms with E-state index in [1.165, 1.54) is 74.1 Å². The van der Waals surface area contributed by atoms with E-state index in [4.69, 9.17) is 0 Å². The van der Waals surface area contributed by atoms with E-state index in [0.29, 0.717) is 0 Å². The number of hydrogen-bond acceptors (Lipinski definition) is 2. The zero-order chi connectivity index (χ0) is 23.6. The predicted octanol–water partition coefficient (Wildman–Crippen LogP) is 10.9. The molecule has 0 aliphatic heterocycles. The van der Waals surface area contributed by atoms with E-state index < -0.39 is 0 Å². The second-order valence-corrected chi connectivity index (χ2v) is 11.2. The summed E-state index contributed by atoms with van der Waals surface area (Å²) in [5, 5.41) is 11.5. The lowest BCUT2D eigenvalue weighted by molar-refractivity contribution is 1.67. The van der Waals surface area contributed by atoms with Gasteiger partial charge in [-0.25, -0.2) is 0 Å². The Balaban J connectivity index is 1.62. The molecule has 168 valence electrons. The van der Waals surface area contributed by atoms with Gasteiger partial charge in [-0.2, -0.15) is 0 Å². The minimum Gasteiger partial charge on any atom is -0.143 e. The molecule has 2 heteroatoms. The molecule has 0 amide bonds. The number of hydrogen-bond donors (Lipinski definition) is 0. The molecule has 0 bridgehead atoms. The Bertz CT molecular complexity index is 2030. The molecule has 36 heavy (non-hydrogen) atoms. The minimum absolute atomic E-state index is 1.26. The Morgan fingerprint density at radius 1 is 0.472 bits per heavy atom. The zero-order valence-corrected chi connectivity index (χ0v) is 21.0. The van der Waals surface area contributed by atoms with Crippen molar-refractivity contribution >= 4 is 74.5 Å². The molecular formula is C34H20S2. The molecule has 0 radical (unpaired) electrons. The van der Waals surface area contributed by atoms with Crippen molar-refractivity contribution in [2.45, 2.75) is 0 Å². The van der Waals surface area contributed by atoms with E-state index in [9.17, 15) is 0 Å². The second kappa shape index (κ2) is 7.76. The van der Waals surface area contributed by atoms with Crippen molar-refractivity contribution in [3.8, 4) is 22.3 Å². The van der Waals surface area contributed by atoms with E-state index in [1.54, 1.807) is 0 Å². The maximum absolute atomic E-state index is 2.43. The van der Waals surface area contributed by atoms with Gasteiger partial charge in [0, 0.05) is 30.4 Å². The maximum atomic E-state index is 2.43. The highest BCUT2D eigenvalue weighted by Crippen LogP contribution is 2.50. The van der Waals surface area contributed by atoms with E-state index >= 15 is 0 Å². The monoisotopic (exact) mass is 492 g/mol. The standard InChI is InChI=1S/C34H20S2/c1-2-10-21(11-3-1)30-23-12-4-6-14-25(23)31(26-15-7-5-13-24(26)30)28-20-22-18-19-35-33(22)32-27-16-8-9-17-29(27)36-34(28)32/h1-20H. The molecule has 0 unspecified atom stereocenters. The van der Waals surface area contributed by atoms with Crippen LogP contribution in [0.5, 0.6) is 0 Å². The number of fused-ring (bicyclic) bond motifs is 7. The molecule has 2 aromatic heterocycles. The lowest BCUT2D eigenvalue weighted by Gasteiger charge is -2.18. The quantitative estimate of drug-likeness (QED) is 0.211. The molecule has 0 atom stereocenters. The van der Waals surface area contributed by atoms with Gasteiger partial charge in [0.05, 0.1) is 0 Å². The van der Waals surface area contributed by atoms with Gasteiger partial charge in [-0.05, 0) is 67.2 Å². The Morgan fingerprint density at radius 2 is 1.06 bits per heavy atom. The van der Waals surface area contributed by atoms with Gasteiger partial charge >= 0.3 is 0 Å². The van der Waals surface area contributed by atoms with Crippen LogP contribution < -0.4 is 0 Å². The molecule has 0 aliphatic rings. The van der Waals surface area contributed by atoms with Crippen LogP contribution in [0.25, 0.3) is 74.1 Å². The molecule has 0 saturated heterocycles. The van der Waals surface area contributed by atoms with E-state index in [0.717, 1.165) is 0 Å². The molecule has 0 fully saturated rings. The summed E-state index contributed by atoms with van der Waals surface area (Å²) in [4.78, 5) is 0. The van der Waals surface area contributed by atoms with Gasteiger partial charge in [-0.15, -0.1) is 22.7 Å². The average molecular weight is 493 g/mol. The third-order valence-electron chi connectivity index (χ3n) is 7.33. The fourth-order valence-electron chi connectivity index (χ4n) is 5.84. The Kier molecular flexibility index (Phi) is 4.36. The van der Waals surface area contributed by atoms with Crippen LogP contribution >= 0.6 is 22.7 Å². The summed E-state index contributed by atoms with van der Waals surface area (Å²) in [5.74, 6) is 0. The molecule has 0 spiro atoms. The lowest BCUT2D eigenvalue weighted by atomic mass is 9.85. The first kappa shape index (κ1) is 20.2. The van der Waals surface area contributed by atoms with Crippen molar-refractivity contribution < 1.29 is 0 Å². The Morgan fingerprint density at radius 3 is 1.75 bits per heavy atom. The SMILES string of the molecule is c1ccc(-c2c3ccccc3c(-c3cc4ccsc4c4c3sc3ccccc34)c3ccccc23)cc1. The first-order chi connectivity index (χ1) is 17.9. The second-order valence-electron chi connectivity index (χ2n) is 9.27. The van der Waals surface area contributed by atoms with Crippen molar-refractivity contribution in [2.75, 3.05) is 0 Å². The Hall–Kier alpha value is -3.98. The fourth-order valence-corrected chi connectivity index (χ4v) is 8.08. The number of thiophene rings is 2. The zero-order valence-electron chi connectivity index (χ0n) is 19.4. The van der Waals surface area contributed by atoms with Crippen LogP contribution in [0.3, 0.4) is 0 Å². The number of benzene rings is 6. The topological polar surface area (TPSA) is 0 Å². The van der Waals surface area contributed by atoms with Gasteiger partial charge in [0.25, 0.3) is 0 Å². The predicted molar refractivity (Wildman–Crippen MR) is 161 cm³/mol. The van der Waals surface area contributed by atoms with Gasteiger partial charge < -0.3 is 0 Å². The van der Waals surface area contributed by atoms with Crippen molar-refractivity contribution in [2.24, 2.45) is 0 Å². The normalized spacial score (nSPS) is 11.9. The highest BCUT2D eigenvalue weighted by atomic mass is 32.1. The molecule has 8 rings (SSSR count). The summed E-state index contributed by atoms with van der Waals surface area (Å²) in [5.41, 5.74) is 5.25. The number of rotatable bonds is 2. The van der Waals surface area contributed by atoms with Gasteiger partial charge in [-0.1, -0.05) is 97.1 Å². The van der Waals surface area contributed by atoms with E-state index in [1.807, 2.05) is 22.7 Å². The van der Waals surface area contributed by atoms with Crippen LogP contribution in [0.1, 0.15) is 0 Å². The van der Waals surface area contributed by atoms with E-state index in [2.05, 4.69) is 121 Å². The van der Waals surface area contributed by atoms with Crippen LogP contribution in [0.2, 0.25) is 0 Å². The first-order valence-corrected chi connectivity index (χ1v) is 13.9. The van der Waals surface area contributed by atoms with Crippen LogP contribution in [0.4, 0.5) is 0 Å². The molecule has 2 heterocycles. The largest absolute Gasteiger partial charge is 0.143 e. The molecule has 0 saturated carbocycles. The van der Waals surface area contributed by atoms with Crippen LogP contribution in [-0.2, 0) is 0 Å². The summed E-state index contributed by atoms with van der Waals surface area (Å²) in [6, 6.07) is 42.3. The van der Waals surface area contributed by atoms with Gasteiger partial charge in [-0.3, -0.25) is 0 Å². The maximum Gasteiger partial charge on any atom is 0.0448 e. The van der Waals surface area contributed by atoms with Gasteiger partial charge in [0.2, 0.25) is 0 Å². The summed E-state index contributed by atoms with van der Waals surface area (Å²) in [6.45, 7) is 0. The summed E-state index contributed by atoms with van der Waals surface area (Å²) < 4.78 is 4.12. The van der Waals surface area contributed by atoms with Crippen molar-refractivity contribution in [1.82, 2.24) is 0 Å². The summed E-state index contributed by atoms with van der Waals surface area (Å²) in [6.07, 6.45) is 0. The smallest absolute Gasteiger partial charge is 0.0448 e. The molecule has 0 aliphatic carbocycles. The van der Waals surface area contributed by atoms with Gasteiger partial charge in [0.1, 0.15) is 0 Å². The molecule has 8 aromatic rings. The third-order valence-corrected chi connectivity index (χ3v) is 9.48. The molecule has 0 nitrogen and oxygen atoms in total. The van der Waals surface area contributed by atoms with Gasteiger partial charge in [0.15, 0.2) is 0 Å². The highest BCUT2D eigenvalue weighted by molar-refractivity contribution is 7.27. The molecule has 6 aromatic carbocycles. The first-order valence-electron chi connectivity index (χ1n) is 12.2. The van der Waals surface area contributed by atoms with Crippen molar-refractivity contribution in [1.29, 1.82) is 0 Å². The van der Waals surface area contributed by atoms with Crippen molar-refractivity contribution in [3.63, 3.8) is 0 Å². The lowest BCUT2D eigenvalue weighted by Crippen LogP contribution is -1.91. The average Bonchev–Trinajstić information content (AvgIpc) is 3.56. The summed E-state index contributed by atoms with van der Waals surface area (Å²) >= 11 is 3.78. The summed E-state index contributed by atoms with van der Waals surface area (Å²) in [7, 11) is 0. The van der Waals surface area contributed by atoms with Crippen LogP contribution in [-0.4, -0.2) is 0 Å². The highest BCUT2D eigenvalue weighted by Gasteiger charge is 2.21. The molecular weight excluding hydrogens is 473 g/mol. The van der Waals surface area contributed by atoms with E-state index in [-0.39, 0.29) is 0 Å². The van der Waals surface area contributed by atoms with Crippen molar-refractivity contribution in [3.05, 3.63) is 121 Å². The van der Waals surface area contributed by atoms with Crippen LogP contribution in [0, 0.1) is 0 Å². The fraction of sp³-hybridized carbons (Fsp3) is 0. The van der Waals surface area contributed by atoms with Crippen LogP contribution in [0.15, 0.2) is 121 Å². The minimum atomic E-state index is 1.26. The Labute approximate surface area is 216 Å².